The van der Waals surface area contributed by atoms with Crippen LogP contribution in [0, 0.1) is 0 Å². The van der Waals surface area contributed by atoms with Crippen LogP contribution in [0.1, 0.15) is 20.3 Å². The SMILES string of the molecule is CC(C)=CC(=O)NCCCN1CCN(c2ncccn2)CC1. The van der Waals surface area contributed by atoms with E-state index in [0.717, 1.165) is 57.2 Å². The van der Waals surface area contributed by atoms with Crippen LogP contribution in [-0.2, 0) is 4.79 Å². The molecule has 0 unspecified atom stereocenters. The topological polar surface area (TPSA) is 61.4 Å². The molecule has 1 aliphatic rings. The van der Waals surface area contributed by atoms with Gasteiger partial charge >= 0.3 is 0 Å². The predicted octanol–water partition coefficient (Wildman–Crippen LogP) is 1.07. The van der Waals surface area contributed by atoms with Gasteiger partial charge in [-0.05, 0) is 32.9 Å². The first-order valence-electron chi connectivity index (χ1n) is 7.82. The fourth-order valence-electron chi connectivity index (χ4n) is 2.45. The molecule has 1 saturated heterocycles. The highest BCUT2D eigenvalue weighted by atomic mass is 16.1. The lowest BCUT2D eigenvalue weighted by atomic mass is 10.3. The van der Waals surface area contributed by atoms with Gasteiger partial charge < -0.3 is 10.2 Å². The highest BCUT2D eigenvalue weighted by Gasteiger charge is 2.18. The molecule has 0 radical (unpaired) electrons. The van der Waals surface area contributed by atoms with Crippen molar-refractivity contribution in [1.82, 2.24) is 20.2 Å². The minimum absolute atomic E-state index is 0.00560. The largest absolute Gasteiger partial charge is 0.353 e. The Morgan fingerprint density at radius 1 is 1.23 bits per heavy atom. The van der Waals surface area contributed by atoms with Crippen molar-refractivity contribution in [3.63, 3.8) is 0 Å². The zero-order valence-corrected chi connectivity index (χ0v) is 13.5. The second-order valence-corrected chi connectivity index (χ2v) is 5.74. The Labute approximate surface area is 132 Å². The normalized spacial score (nSPS) is 15.5. The molecule has 120 valence electrons. The van der Waals surface area contributed by atoms with E-state index in [4.69, 9.17) is 0 Å². The summed E-state index contributed by atoms with van der Waals surface area (Å²) in [7, 11) is 0. The number of aromatic nitrogens is 2. The summed E-state index contributed by atoms with van der Waals surface area (Å²) in [6.07, 6.45) is 6.18. The summed E-state index contributed by atoms with van der Waals surface area (Å²) in [5.41, 5.74) is 1.02. The van der Waals surface area contributed by atoms with Crippen LogP contribution in [0.5, 0.6) is 0 Å². The predicted molar refractivity (Wildman–Crippen MR) is 87.7 cm³/mol. The molecule has 0 aliphatic carbocycles. The van der Waals surface area contributed by atoms with Crippen LogP contribution in [0.15, 0.2) is 30.1 Å². The lowest BCUT2D eigenvalue weighted by molar-refractivity contribution is -0.116. The molecule has 1 aromatic heterocycles. The number of nitrogens with one attached hydrogen (secondary N) is 1. The molecule has 1 aliphatic heterocycles. The van der Waals surface area contributed by atoms with Gasteiger partial charge in [-0.3, -0.25) is 9.69 Å². The minimum atomic E-state index is 0.00560. The molecule has 1 N–H and O–H groups in total. The number of amides is 1. The molecule has 1 amide bonds. The number of nitrogens with zero attached hydrogens (tertiary/aromatic N) is 4. The fraction of sp³-hybridized carbons (Fsp3) is 0.562. The van der Waals surface area contributed by atoms with Crippen LogP contribution in [0.2, 0.25) is 0 Å². The number of rotatable bonds is 6. The average molecular weight is 303 g/mol. The zero-order valence-electron chi connectivity index (χ0n) is 13.5. The summed E-state index contributed by atoms with van der Waals surface area (Å²) >= 11 is 0. The molecule has 1 aromatic rings. The average Bonchev–Trinajstić information content (AvgIpc) is 2.52. The molecule has 1 fully saturated rings. The second-order valence-electron chi connectivity index (χ2n) is 5.74. The third-order valence-electron chi connectivity index (χ3n) is 3.58. The van der Waals surface area contributed by atoms with Crippen LogP contribution in [0.25, 0.3) is 0 Å². The molecule has 0 aromatic carbocycles. The van der Waals surface area contributed by atoms with Gasteiger partial charge in [0.15, 0.2) is 0 Å². The van der Waals surface area contributed by atoms with Crippen molar-refractivity contribution in [1.29, 1.82) is 0 Å². The maximum absolute atomic E-state index is 11.5. The molecular formula is C16H25N5O. The van der Waals surface area contributed by atoms with Crippen LogP contribution in [0.3, 0.4) is 0 Å². The Morgan fingerprint density at radius 2 is 1.91 bits per heavy atom. The Hall–Kier alpha value is -1.95. The number of hydrogen-bond donors (Lipinski definition) is 1. The molecule has 2 rings (SSSR count). The highest BCUT2D eigenvalue weighted by molar-refractivity contribution is 5.87. The molecule has 0 atom stereocenters. The summed E-state index contributed by atoms with van der Waals surface area (Å²) in [4.78, 5) is 24.7. The van der Waals surface area contributed by atoms with Crippen molar-refractivity contribution in [3.8, 4) is 0 Å². The summed E-state index contributed by atoms with van der Waals surface area (Å²) in [5, 5.41) is 2.92. The molecule has 22 heavy (non-hydrogen) atoms. The van der Waals surface area contributed by atoms with Gasteiger partial charge in [0.2, 0.25) is 11.9 Å². The zero-order chi connectivity index (χ0) is 15.8. The summed E-state index contributed by atoms with van der Waals surface area (Å²) in [6.45, 7) is 9.52. The van der Waals surface area contributed by atoms with Crippen molar-refractivity contribution >= 4 is 11.9 Å². The van der Waals surface area contributed by atoms with Gasteiger partial charge in [0.25, 0.3) is 0 Å². The summed E-state index contributed by atoms with van der Waals surface area (Å²) < 4.78 is 0. The van der Waals surface area contributed by atoms with E-state index in [1.54, 1.807) is 18.5 Å². The molecular weight excluding hydrogens is 278 g/mol. The van der Waals surface area contributed by atoms with Gasteiger partial charge in [0.05, 0.1) is 0 Å². The van der Waals surface area contributed by atoms with Gasteiger partial charge in [-0.15, -0.1) is 0 Å². The van der Waals surface area contributed by atoms with Gasteiger partial charge in [-0.1, -0.05) is 5.57 Å². The quantitative estimate of drug-likeness (QED) is 0.629. The van der Waals surface area contributed by atoms with E-state index >= 15 is 0 Å². The van der Waals surface area contributed by atoms with Crippen LogP contribution < -0.4 is 10.2 Å². The van der Waals surface area contributed by atoms with E-state index in [9.17, 15) is 4.79 Å². The molecule has 6 heteroatoms. The third-order valence-corrected chi connectivity index (χ3v) is 3.58. The molecule has 0 spiro atoms. The standard InChI is InChI=1S/C16H25N5O/c1-14(2)13-15(22)17-7-4-8-20-9-11-21(12-10-20)16-18-5-3-6-19-16/h3,5-6,13H,4,7-12H2,1-2H3,(H,17,22). The van der Waals surface area contributed by atoms with E-state index in [2.05, 4.69) is 25.1 Å². The first-order chi connectivity index (χ1) is 10.6. The number of hydrogen-bond acceptors (Lipinski definition) is 5. The van der Waals surface area contributed by atoms with Crippen LogP contribution in [-0.4, -0.2) is 60.0 Å². The van der Waals surface area contributed by atoms with E-state index in [-0.39, 0.29) is 5.91 Å². The molecule has 0 saturated carbocycles. The number of carbonyl (C=O) groups excluding carboxylic acids is 1. The van der Waals surface area contributed by atoms with Crippen LogP contribution in [0.4, 0.5) is 5.95 Å². The molecule has 0 bridgehead atoms. The Morgan fingerprint density at radius 3 is 2.55 bits per heavy atom. The second kappa shape index (κ2) is 8.48. The van der Waals surface area contributed by atoms with Crippen molar-refractivity contribution in [2.75, 3.05) is 44.2 Å². The van der Waals surface area contributed by atoms with Crippen molar-refractivity contribution in [3.05, 3.63) is 30.1 Å². The first kappa shape index (κ1) is 16.4. The monoisotopic (exact) mass is 303 g/mol. The Bertz CT molecular complexity index is 491. The number of carbonyl (C=O) groups is 1. The maximum atomic E-state index is 11.5. The van der Waals surface area contributed by atoms with Gasteiger partial charge in [0.1, 0.15) is 0 Å². The number of allylic oxidation sites excluding steroid dienone is 1. The van der Waals surface area contributed by atoms with Gasteiger partial charge in [-0.25, -0.2) is 9.97 Å². The Kier molecular flexibility index (Phi) is 6.33. The van der Waals surface area contributed by atoms with Crippen molar-refractivity contribution < 1.29 is 4.79 Å². The molecule has 6 nitrogen and oxygen atoms in total. The van der Waals surface area contributed by atoms with E-state index in [1.807, 2.05) is 19.9 Å². The lowest BCUT2D eigenvalue weighted by Crippen LogP contribution is -2.47. The number of anilines is 1. The maximum Gasteiger partial charge on any atom is 0.243 e. The number of piperazine rings is 1. The summed E-state index contributed by atoms with van der Waals surface area (Å²) in [6, 6.07) is 1.84. The van der Waals surface area contributed by atoms with E-state index in [0.29, 0.717) is 0 Å². The van der Waals surface area contributed by atoms with Crippen molar-refractivity contribution in [2.45, 2.75) is 20.3 Å². The first-order valence-corrected chi connectivity index (χ1v) is 7.82. The van der Waals surface area contributed by atoms with E-state index in [1.165, 1.54) is 0 Å². The molecule has 2 heterocycles. The van der Waals surface area contributed by atoms with E-state index < -0.39 is 0 Å². The van der Waals surface area contributed by atoms with Crippen molar-refractivity contribution in [2.24, 2.45) is 0 Å². The Balaban J connectivity index is 1.62. The lowest BCUT2D eigenvalue weighted by Gasteiger charge is -2.34. The highest BCUT2D eigenvalue weighted by Crippen LogP contribution is 2.09. The van der Waals surface area contributed by atoms with Crippen LogP contribution >= 0.6 is 0 Å². The fourth-order valence-corrected chi connectivity index (χ4v) is 2.45. The smallest absolute Gasteiger partial charge is 0.243 e. The van der Waals surface area contributed by atoms with Gasteiger partial charge in [-0.2, -0.15) is 0 Å². The van der Waals surface area contributed by atoms with Gasteiger partial charge in [0, 0.05) is 51.2 Å². The summed E-state index contributed by atoms with van der Waals surface area (Å²) in [5.74, 6) is 0.821. The third kappa shape index (κ3) is 5.44. The minimum Gasteiger partial charge on any atom is -0.353 e.